The van der Waals surface area contributed by atoms with Gasteiger partial charge in [0.2, 0.25) is 0 Å². The van der Waals surface area contributed by atoms with Crippen molar-refractivity contribution < 1.29 is 13.2 Å². The van der Waals surface area contributed by atoms with Gasteiger partial charge >= 0.3 is 0 Å². The Hall–Kier alpha value is -1.12. The SMILES string of the molecule is O=C(NNS(=O)(=O)c1cccc(Cl)c1Cl)c1cc2c(s1)CCCCC2. The molecule has 1 aliphatic rings. The van der Waals surface area contributed by atoms with Gasteiger partial charge in [0.05, 0.1) is 14.9 Å². The van der Waals surface area contributed by atoms with Gasteiger partial charge in [-0.05, 0) is 49.4 Å². The van der Waals surface area contributed by atoms with Crippen molar-refractivity contribution >= 4 is 50.5 Å². The Morgan fingerprint density at radius 2 is 1.88 bits per heavy atom. The molecule has 3 rings (SSSR count). The van der Waals surface area contributed by atoms with Crippen LogP contribution in [-0.4, -0.2) is 14.3 Å². The van der Waals surface area contributed by atoms with E-state index in [9.17, 15) is 13.2 Å². The van der Waals surface area contributed by atoms with E-state index in [1.807, 2.05) is 6.07 Å². The van der Waals surface area contributed by atoms with E-state index in [-0.39, 0.29) is 14.9 Å². The van der Waals surface area contributed by atoms with E-state index in [1.54, 1.807) is 0 Å². The van der Waals surface area contributed by atoms with Gasteiger partial charge in [-0.1, -0.05) is 35.7 Å². The molecule has 0 radical (unpaired) electrons. The van der Waals surface area contributed by atoms with Gasteiger partial charge in [-0.3, -0.25) is 10.2 Å². The fraction of sp³-hybridized carbons (Fsp3) is 0.312. The van der Waals surface area contributed by atoms with E-state index >= 15 is 0 Å². The summed E-state index contributed by atoms with van der Waals surface area (Å²) in [7, 11) is -4.02. The number of thiophene rings is 1. The second-order valence-electron chi connectivity index (χ2n) is 5.73. The summed E-state index contributed by atoms with van der Waals surface area (Å²) < 4.78 is 24.6. The fourth-order valence-electron chi connectivity index (χ4n) is 2.70. The van der Waals surface area contributed by atoms with Crippen LogP contribution in [-0.2, 0) is 22.9 Å². The first-order valence-corrected chi connectivity index (χ1v) is 10.8. The van der Waals surface area contributed by atoms with E-state index in [0.717, 1.165) is 25.7 Å². The van der Waals surface area contributed by atoms with Gasteiger partial charge < -0.3 is 0 Å². The Morgan fingerprint density at radius 1 is 1.12 bits per heavy atom. The number of benzene rings is 1. The van der Waals surface area contributed by atoms with Crippen molar-refractivity contribution in [3.05, 3.63) is 49.6 Å². The number of hydrogen-bond acceptors (Lipinski definition) is 4. The molecule has 5 nitrogen and oxygen atoms in total. The van der Waals surface area contributed by atoms with E-state index < -0.39 is 15.9 Å². The molecule has 1 amide bonds. The maximum atomic E-state index is 12.3. The van der Waals surface area contributed by atoms with E-state index in [4.69, 9.17) is 23.2 Å². The molecule has 0 bridgehead atoms. The van der Waals surface area contributed by atoms with Gasteiger partial charge in [0.15, 0.2) is 0 Å². The molecule has 0 unspecified atom stereocenters. The molecule has 25 heavy (non-hydrogen) atoms. The van der Waals surface area contributed by atoms with Gasteiger partial charge in [-0.2, -0.15) is 0 Å². The summed E-state index contributed by atoms with van der Waals surface area (Å²) in [6.07, 6.45) is 5.36. The fourth-order valence-corrected chi connectivity index (χ4v) is 5.45. The Labute approximate surface area is 160 Å². The highest BCUT2D eigenvalue weighted by atomic mass is 35.5. The molecule has 2 N–H and O–H groups in total. The molecule has 0 fully saturated rings. The monoisotopic (exact) mass is 418 g/mol. The number of carbonyl (C=O) groups excluding carboxylic acids is 1. The molecule has 9 heteroatoms. The van der Waals surface area contributed by atoms with Crippen molar-refractivity contribution in [1.29, 1.82) is 0 Å². The molecule has 1 aromatic heterocycles. The standard InChI is InChI=1S/C16H16Cl2N2O3S2/c17-11-6-4-8-14(15(11)18)25(22,23)20-19-16(21)13-9-10-5-2-1-3-7-12(10)24-13/h4,6,8-9,20H,1-3,5,7H2,(H,19,21). The zero-order valence-corrected chi connectivity index (χ0v) is 16.3. The Bertz CT molecular complexity index is 887. The highest BCUT2D eigenvalue weighted by molar-refractivity contribution is 7.89. The van der Waals surface area contributed by atoms with Gasteiger partial charge in [0.25, 0.3) is 15.9 Å². The molecular weight excluding hydrogens is 403 g/mol. The molecule has 0 saturated heterocycles. The van der Waals surface area contributed by atoms with Crippen molar-refractivity contribution in [1.82, 2.24) is 10.3 Å². The number of hydrazine groups is 1. The summed E-state index contributed by atoms with van der Waals surface area (Å²) in [5.41, 5.74) is 3.43. The minimum absolute atomic E-state index is 0.0891. The average molecular weight is 419 g/mol. The Kier molecular flexibility index (Phi) is 5.70. The number of carbonyl (C=O) groups is 1. The van der Waals surface area contributed by atoms with Crippen LogP contribution >= 0.6 is 34.5 Å². The third kappa shape index (κ3) is 4.17. The third-order valence-electron chi connectivity index (χ3n) is 3.97. The molecular formula is C16H16Cl2N2O3S2. The van der Waals surface area contributed by atoms with Gasteiger partial charge in [-0.15, -0.1) is 16.2 Å². The van der Waals surface area contributed by atoms with Crippen LogP contribution in [0.5, 0.6) is 0 Å². The number of rotatable bonds is 4. The maximum Gasteiger partial charge on any atom is 0.276 e. The average Bonchev–Trinajstić information content (AvgIpc) is 2.86. The lowest BCUT2D eigenvalue weighted by Crippen LogP contribution is -2.41. The number of halogens is 2. The van der Waals surface area contributed by atoms with Crippen LogP contribution in [0, 0.1) is 0 Å². The van der Waals surface area contributed by atoms with Crippen molar-refractivity contribution in [2.24, 2.45) is 0 Å². The van der Waals surface area contributed by atoms with Crippen LogP contribution in [0.2, 0.25) is 10.0 Å². The predicted octanol–water partition coefficient (Wildman–Crippen LogP) is 3.95. The van der Waals surface area contributed by atoms with Gasteiger partial charge in [-0.25, -0.2) is 8.42 Å². The number of amides is 1. The minimum Gasteiger partial charge on any atom is -0.273 e. The summed E-state index contributed by atoms with van der Waals surface area (Å²) in [6.45, 7) is 0. The largest absolute Gasteiger partial charge is 0.276 e. The number of aryl methyl sites for hydroxylation is 2. The summed E-state index contributed by atoms with van der Waals surface area (Å²) in [5, 5.41) is 0.0339. The van der Waals surface area contributed by atoms with Crippen LogP contribution in [0.3, 0.4) is 0 Å². The first-order valence-electron chi connectivity index (χ1n) is 7.76. The minimum atomic E-state index is -4.02. The maximum absolute atomic E-state index is 12.3. The number of fused-ring (bicyclic) bond motifs is 1. The van der Waals surface area contributed by atoms with Crippen molar-refractivity contribution in [3.8, 4) is 0 Å². The Morgan fingerprint density at radius 3 is 2.68 bits per heavy atom. The molecule has 1 heterocycles. The number of sulfonamides is 1. The van der Waals surface area contributed by atoms with Crippen molar-refractivity contribution in [2.75, 3.05) is 0 Å². The molecule has 1 aliphatic carbocycles. The lowest BCUT2D eigenvalue weighted by Gasteiger charge is -2.09. The summed E-state index contributed by atoms with van der Waals surface area (Å²) >= 11 is 13.2. The van der Waals surface area contributed by atoms with E-state index in [0.29, 0.717) is 4.88 Å². The topological polar surface area (TPSA) is 75.3 Å². The van der Waals surface area contributed by atoms with E-state index in [1.165, 1.54) is 46.4 Å². The highest BCUT2D eigenvalue weighted by Crippen LogP contribution is 2.30. The molecule has 1 aromatic carbocycles. The van der Waals surface area contributed by atoms with Crippen LogP contribution in [0.1, 0.15) is 39.4 Å². The van der Waals surface area contributed by atoms with Gasteiger partial charge in [0.1, 0.15) is 4.90 Å². The predicted molar refractivity (Wildman–Crippen MR) is 99.8 cm³/mol. The summed E-state index contributed by atoms with van der Waals surface area (Å²) in [6, 6.07) is 6.12. The van der Waals surface area contributed by atoms with Crippen molar-refractivity contribution in [3.63, 3.8) is 0 Å². The molecule has 0 spiro atoms. The quantitative estimate of drug-likeness (QED) is 0.582. The smallest absolute Gasteiger partial charge is 0.273 e. The zero-order valence-electron chi connectivity index (χ0n) is 13.1. The molecule has 2 aromatic rings. The lowest BCUT2D eigenvalue weighted by atomic mass is 10.1. The number of nitrogens with one attached hydrogen (secondary N) is 2. The zero-order chi connectivity index (χ0) is 18.0. The van der Waals surface area contributed by atoms with Crippen LogP contribution < -0.4 is 10.3 Å². The summed E-state index contributed by atoms with van der Waals surface area (Å²) in [5.74, 6) is -0.486. The van der Waals surface area contributed by atoms with Crippen LogP contribution in [0.25, 0.3) is 0 Å². The second-order valence-corrected chi connectivity index (χ2v) is 9.30. The first-order chi connectivity index (χ1) is 11.9. The third-order valence-corrected chi connectivity index (χ3v) is 7.43. The van der Waals surface area contributed by atoms with Crippen LogP contribution in [0.15, 0.2) is 29.2 Å². The number of hydrogen-bond donors (Lipinski definition) is 2. The highest BCUT2D eigenvalue weighted by Gasteiger charge is 2.22. The van der Waals surface area contributed by atoms with Gasteiger partial charge in [0, 0.05) is 4.88 Å². The lowest BCUT2D eigenvalue weighted by molar-refractivity contribution is 0.0949. The Balaban J connectivity index is 1.72. The van der Waals surface area contributed by atoms with Crippen molar-refractivity contribution in [2.45, 2.75) is 37.0 Å². The van der Waals surface area contributed by atoms with E-state index in [2.05, 4.69) is 10.3 Å². The molecule has 0 saturated carbocycles. The van der Waals surface area contributed by atoms with Crippen LogP contribution in [0.4, 0.5) is 0 Å². The first kappa shape index (κ1) is 18.7. The normalized spacial score (nSPS) is 14.6. The summed E-state index contributed by atoms with van der Waals surface area (Å²) in [4.78, 5) is 15.9. The second kappa shape index (κ2) is 7.63. The molecule has 134 valence electrons. The molecule has 0 aliphatic heterocycles. The molecule has 0 atom stereocenters.